The molecule has 1 amide bonds. The SMILES string of the molecule is CCCNC(=O)c1sc2nc(C)cc(C#N)c2c1NC. The van der Waals surface area contributed by atoms with Gasteiger partial charge in [-0.25, -0.2) is 4.98 Å². The van der Waals surface area contributed by atoms with Crippen LogP contribution in [0.4, 0.5) is 5.69 Å². The number of amides is 1. The van der Waals surface area contributed by atoms with Gasteiger partial charge in [-0.05, 0) is 19.4 Å². The lowest BCUT2D eigenvalue weighted by molar-refractivity contribution is 0.0958. The number of aryl methyl sites for hydroxylation is 1. The largest absolute Gasteiger partial charge is 0.386 e. The molecule has 104 valence electrons. The van der Waals surface area contributed by atoms with Crippen molar-refractivity contribution in [3.8, 4) is 6.07 Å². The number of hydrogen-bond donors (Lipinski definition) is 2. The molecule has 5 nitrogen and oxygen atoms in total. The molecule has 2 aromatic heterocycles. The predicted molar refractivity (Wildman–Crippen MR) is 81.2 cm³/mol. The van der Waals surface area contributed by atoms with Gasteiger partial charge in [-0.1, -0.05) is 6.92 Å². The van der Waals surface area contributed by atoms with Crippen LogP contribution in [0.3, 0.4) is 0 Å². The van der Waals surface area contributed by atoms with Gasteiger partial charge in [0.1, 0.15) is 15.8 Å². The van der Waals surface area contributed by atoms with Gasteiger partial charge in [0.05, 0.1) is 16.6 Å². The fourth-order valence-electron chi connectivity index (χ4n) is 2.03. The Morgan fingerprint density at radius 3 is 2.90 bits per heavy atom. The van der Waals surface area contributed by atoms with Crippen LogP contribution in [0.5, 0.6) is 0 Å². The second-order valence-corrected chi connectivity index (χ2v) is 5.41. The van der Waals surface area contributed by atoms with Gasteiger partial charge in [0.25, 0.3) is 5.91 Å². The first-order chi connectivity index (χ1) is 9.62. The van der Waals surface area contributed by atoms with Gasteiger partial charge in [0, 0.05) is 19.3 Å². The lowest BCUT2D eigenvalue weighted by Crippen LogP contribution is -2.23. The molecule has 0 aliphatic rings. The number of hydrogen-bond acceptors (Lipinski definition) is 5. The highest BCUT2D eigenvalue weighted by molar-refractivity contribution is 7.21. The summed E-state index contributed by atoms with van der Waals surface area (Å²) >= 11 is 1.31. The van der Waals surface area contributed by atoms with Crippen LogP contribution in [0.15, 0.2) is 6.07 Å². The molecule has 0 aliphatic heterocycles. The molecule has 2 heterocycles. The highest BCUT2D eigenvalue weighted by atomic mass is 32.1. The molecule has 2 aromatic rings. The Bertz CT molecular complexity index is 699. The smallest absolute Gasteiger partial charge is 0.263 e. The summed E-state index contributed by atoms with van der Waals surface area (Å²) in [6.45, 7) is 4.48. The van der Waals surface area contributed by atoms with Crippen molar-refractivity contribution in [2.75, 3.05) is 18.9 Å². The van der Waals surface area contributed by atoms with Crippen molar-refractivity contribution in [3.63, 3.8) is 0 Å². The number of rotatable bonds is 4. The van der Waals surface area contributed by atoms with E-state index in [1.54, 1.807) is 13.1 Å². The van der Waals surface area contributed by atoms with Gasteiger partial charge >= 0.3 is 0 Å². The van der Waals surface area contributed by atoms with Crippen molar-refractivity contribution in [1.29, 1.82) is 5.26 Å². The molecule has 0 spiro atoms. The number of nitrogens with zero attached hydrogens (tertiary/aromatic N) is 2. The van der Waals surface area contributed by atoms with E-state index in [4.69, 9.17) is 0 Å². The summed E-state index contributed by atoms with van der Waals surface area (Å²) in [5.74, 6) is -0.124. The summed E-state index contributed by atoms with van der Waals surface area (Å²) in [5, 5.41) is 15.9. The highest BCUT2D eigenvalue weighted by Gasteiger charge is 2.20. The van der Waals surface area contributed by atoms with E-state index in [2.05, 4.69) is 21.7 Å². The van der Waals surface area contributed by atoms with Crippen molar-refractivity contribution in [2.45, 2.75) is 20.3 Å². The second kappa shape index (κ2) is 5.88. The molecule has 20 heavy (non-hydrogen) atoms. The molecule has 0 radical (unpaired) electrons. The lowest BCUT2D eigenvalue weighted by atomic mass is 10.1. The first kappa shape index (κ1) is 14.3. The molecule has 0 saturated carbocycles. The van der Waals surface area contributed by atoms with Crippen molar-refractivity contribution < 1.29 is 4.79 Å². The fraction of sp³-hybridized carbons (Fsp3) is 0.357. The highest BCUT2D eigenvalue weighted by Crippen LogP contribution is 2.36. The Labute approximate surface area is 121 Å². The van der Waals surface area contributed by atoms with Crippen LogP contribution >= 0.6 is 11.3 Å². The minimum Gasteiger partial charge on any atom is -0.386 e. The summed E-state index contributed by atoms with van der Waals surface area (Å²) in [7, 11) is 1.75. The normalized spacial score (nSPS) is 10.3. The molecule has 0 unspecified atom stereocenters. The summed E-state index contributed by atoms with van der Waals surface area (Å²) in [6, 6.07) is 3.92. The number of thiophene rings is 1. The van der Waals surface area contributed by atoms with Gasteiger partial charge in [-0.2, -0.15) is 5.26 Å². The van der Waals surface area contributed by atoms with E-state index in [1.165, 1.54) is 11.3 Å². The predicted octanol–water partition coefficient (Wildman–Crippen LogP) is 2.66. The van der Waals surface area contributed by atoms with E-state index >= 15 is 0 Å². The van der Waals surface area contributed by atoms with Crippen LogP contribution in [-0.4, -0.2) is 24.5 Å². The minimum absolute atomic E-state index is 0.124. The monoisotopic (exact) mass is 288 g/mol. The quantitative estimate of drug-likeness (QED) is 0.906. The standard InChI is InChI=1S/C14H16N4OS/c1-4-5-17-13(19)12-11(16-3)10-9(7-15)6-8(2)18-14(10)20-12/h6,16H,4-5H2,1-3H3,(H,17,19). The second-order valence-electron chi connectivity index (χ2n) is 4.42. The molecule has 0 fully saturated rings. The fourth-order valence-corrected chi connectivity index (χ4v) is 3.19. The Morgan fingerprint density at radius 2 is 2.30 bits per heavy atom. The average Bonchev–Trinajstić information content (AvgIpc) is 2.81. The zero-order chi connectivity index (χ0) is 14.7. The minimum atomic E-state index is -0.124. The van der Waals surface area contributed by atoms with Crippen molar-refractivity contribution >= 4 is 33.1 Å². The third kappa shape index (κ3) is 2.45. The first-order valence-corrected chi connectivity index (χ1v) is 7.24. The Morgan fingerprint density at radius 1 is 1.55 bits per heavy atom. The third-order valence-electron chi connectivity index (χ3n) is 2.90. The van der Waals surface area contributed by atoms with Crippen LogP contribution in [0.2, 0.25) is 0 Å². The zero-order valence-electron chi connectivity index (χ0n) is 11.7. The molecular weight excluding hydrogens is 272 g/mol. The molecule has 0 aliphatic carbocycles. The molecule has 2 rings (SSSR count). The van der Waals surface area contributed by atoms with E-state index in [9.17, 15) is 10.1 Å². The summed E-state index contributed by atoms with van der Waals surface area (Å²) in [4.78, 5) is 17.9. The molecule has 2 N–H and O–H groups in total. The molecule has 0 bridgehead atoms. The summed E-state index contributed by atoms with van der Waals surface area (Å²) in [5.41, 5.74) is 2.00. The third-order valence-corrected chi connectivity index (χ3v) is 3.98. The number of aromatic nitrogens is 1. The van der Waals surface area contributed by atoms with Crippen molar-refractivity contribution in [2.24, 2.45) is 0 Å². The molecule has 0 saturated heterocycles. The Kier molecular flexibility index (Phi) is 4.20. The summed E-state index contributed by atoms with van der Waals surface area (Å²) in [6.07, 6.45) is 0.881. The number of pyridine rings is 1. The van der Waals surface area contributed by atoms with E-state index in [-0.39, 0.29) is 5.91 Å². The van der Waals surface area contributed by atoms with E-state index in [0.29, 0.717) is 27.5 Å². The maximum Gasteiger partial charge on any atom is 0.263 e. The first-order valence-electron chi connectivity index (χ1n) is 6.42. The number of carbonyl (C=O) groups excluding carboxylic acids is 1. The van der Waals surface area contributed by atoms with Gasteiger partial charge in [-0.15, -0.1) is 11.3 Å². The Hall–Kier alpha value is -2.13. The van der Waals surface area contributed by atoms with Gasteiger partial charge in [0.2, 0.25) is 0 Å². The van der Waals surface area contributed by atoms with Crippen molar-refractivity contribution in [3.05, 3.63) is 22.2 Å². The van der Waals surface area contributed by atoms with Crippen LogP contribution in [-0.2, 0) is 0 Å². The zero-order valence-corrected chi connectivity index (χ0v) is 12.5. The van der Waals surface area contributed by atoms with Crippen LogP contribution in [0.25, 0.3) is 10.2 Å². The number of nitriles is 1. The summed E-state index contributed by atoms with van der Waals surface area (Å²) < 4.78 is 0. The van der Waals surface area contributed by atoms with Crippen LogP contribution in [0, 0.1) is 18.3 Å². The Balaban J connectivity index is 2.63. The van der Waals surface area contributed by atoms with Gasteiger partial charge in [-0.3, -0.25) is 4.79 Å². The maximum absolute atomic E-state index is 12.2. The number of fused-ring (bicyclic) bond motifs is 1. The maximum atomic E-state index is 12.2. The van der Waals surface area contributed by atoms with Gasteiger partial charge in [0.15, 0.2) is 0 Å². The number of anilines is 1. The average molecular weight is 288 g/mol. The molecule has 6 heteroatoms. The number of carbonyl (C=O) groups is 1. The van der Waals surface area contributed by atoms with Gasteiger partial charge < -0.3 is 10.6 Å². The number of nitrogens with one attached hydrogen (secondary N) is 2. The lowest BCUT2D eigenvalue weighted by Gasteiger charge is -2.05. The van der Waals surface area contributed by atoms with Crippen molar-refractivity contribution in [1.82, 2.24) is 10.3 Å². The van der Waals surface area contributed by atoms with E-state index in [1.807, 2.05) is 13.8 Å². The topological polar surface area (TPSA) is 77.8 Å². The molecule has 0 atom stereocenters. The van der Waals surface area contributed by atoms with Crippen LogP contribution < -0.4 is 10.6 Å². The van der Waals surface area contributed by atoms with E-state index in [0.717, 1.165) is 17.5 Å². The van der Waals surface area contributed by atoms with E-state index < -0.39 is 0 Å². The molecular formula is C14H16N4OS. The van der Waals surface area contributed by atoms with Crippen LogP contribution in [0.1, 0.15) is 34.3 Å². The molecule has 0 aromatic carbocycles.